The number of benzene rings is 1. The van der Waals surface area contributed by atoms with Crippen molar-refractivity contribution in [2.45, 2.75) is 27.3 Å². The Morgan fingerprint density at radius 1 is 1.10 bits per heavy atom. The third-order valence-corrected chi connectivity index (χ3v) is 3.37. The second-order valence-corrected chi connectivity index (χ2v) is 4.64. The summed E-state index contributed by atoms with van der Waals surface area (Å²) in [5.41, 5.74) is 1.21. The fraction of sp³-hybridized carbons (Fsp3) is 0.625. The van der Waals surface area contributed by atoms with Crippen LogP contribution in [0.5, 0.6) is 11.5 Å². The Morgan fingerprint density at radius 2 is 1.85 bits per heavy atom. The van der Waals surface area contributed by atoms with Crippen LogP contribution in [0.25, 0.3) is 0 Å². The highest BCUT2D eigenvalue weighted by atomic mass is 16.5. The summed E-state index contributed by atoms with van der Waals surface area (Å²) in [7, 11) is 1.68. The highest BCUT2D eigenvalue weighted by molar-refractivity contribution is 5.42. The number of rotatable bonds is 10. The van der Waals surface area contributed by atoms with Crippen LogP contribution in [0.1, 0.15) is 26.3 Å². The molecule has 0 heterocycles. The SMILES string of the molecule is CCNCc1ccc(OC)c(OCCN(CC)CC)c1. The second kappa shape index (κ2) is 9.61. The Hall–Kier alpha value is -1.26. The van der Waals surface area contributed by atoms with Crippen LogP contribution in [-0.2, 0) is 6.54 Å². The minimum Gasteiger partial charge on any atom is -0.493 e. The first-order chi connectivity index (χ1) is 9.74. The highest BCUT2D eigenvalue weighted by Crippen LogP contribution is 2.28. The topological polar surface area (TPSA) is 33.7 Å². The van der Waals surface area contributed by atoms with Crippen LogP contribution in [-0.4, -0.2) is 44.8 Å². The van der Waals surface area contributed by atoms with Gasteiger partial charge in [0.1, 0.15) is 6.61 Å². The lowest BCUT2D eigenvalue weighted by molar-refractivity contribution is 0.217. The maximum absolute atomic E-state index is 5.89. The standard InChI is InChI=1S/C16H28N2O2/c1-5-17-13-14-8-9-15(19-4)16(12-14)20-11-10-18(6-2)7-3/h8-9,12,17H,5-7,10-11,13H2,1-4H3. The summed E-state index contributed by atoms with van der Waals surface area (Å²) in [5.74, 6) is 1.62. The van der Waals surface area contributed by atoms with E-state index in [0.717, 1.165) is 44.2 Å². The zero-order valence-corrected chi connectivity index (χ0v) is 13.2. The Kier molecular flexibility index (Phi) is 8.07. The van der Waals surface area contributed by atoms with E-state index >= 15 is 0 Å². The zero-order valence-electron chi connectivity index (χ0n) is 13.2. The number of ether oxygens (including phenoxy) is 2. The molecule has 1 aromatic rings. The maximum Gasteiger partial charge on any atom is 0.161 e. The summed E-state index contributed by atoms with van der Waals surface area (Å²) >= 11 is 0. The van der Waals surface area contributed by atoms with Crippen LogP contribution in [0.2, 0.25) is 0 Å². The normalized spacial score (nSPS) is 10.8. The van der Waals surface area contributed by atoms with Crippen LogP contribution in [0.4, 0.5) is 0 Å². The van der Waals surface area contributed by atoms with Crippen molar-refractivity contribution in [2.75, 3.05) is 39.9 Å². The van der Waals surface area contributed by atoms with Crippen LogP contribution < -0.4 is 14.8 Å². The van der Waals surface area contributed by atoms with Gasteiger partial charge in [0.2, 0.25) is 0 Å². The number of nitrogens with one attached hydrogen (secondary N) is 1. The second-order valence-electron chi connectivity index (χ2n) is 4.64. The molecule has 0 fully saturated rings. The molecule has 4 heteroatoms. The molecule has 0 aliphatic heterocycles. The van der Waals surface area contributed by atoms with E-state index in [1.54, 1.807) is 7.11 Å². The van der Waals surface area contributed by atoms with E-state index in [1.807, 2.05) is 6.07 Å². The third-order valence-electron chi connectivity index (χ3n) is 3.37. The summed E-state index contributed by atoms with van der Waals surface area (Å²) < 4.78 is 11.2. The highest BCUT2D eigenvalue weighted by Gasteiger charge is 2.07. The molecule has 0 aliphatic carbocycles. The molecule has 0 aromatic heterocycles. The number of methoxy groups -OCH3 is 1. The third kappa shape index (κ3) is 5.39. The van der Waals surface area contributed by atoms with Gasteiger partial charge < -0.3 is 19.7 Å². The first-order valence-corrected chi connectivity index (χ1v) is 7.47. The molecule has 114 valence electrons. The summed E-state index contributed by atoms with van der Waals surface area (Å²) in [6, 6.07) is 6.10. The largest absolute Gasteiger partial charge is 0.493 e. The van der Waals surface area contributed by atoms with Crippen molar-refractivity contribution in [3.63, 3.8) is 0 Å². The van der Waals surface area contributed by atoms with Gasteiger partial charge in [-0.2, -0.15) is 0 Å². The molecule has 4 nitrogen and oxygen atoms in total. The Labute approximate surface area is 123 Å². The molecule has 1 rings (SSSR count). The molecule has 1 N–H and O–H groups in total. The molecule has 0 saturated carbocycles. The minimum absolute atomic E-state index is 0.683. The van der Waals surface area contributed by atoms with Crippen LogP contribution in [0.3, 0.4) is 0 Å². The molecule has 1 aromatic carbocycles. The van der Waals surface area contributed by atoms with Gasteiger partial charge in [0.15, 0.2) is 11.5 Å². The van der Waals surface area contributed by atoms with Crippen LogP contribution >= 0.6 is 0 Å². The van der Waals surface area contributed by atoms with Gasteiger partial charge in [-0.1, -0.05) is 26.8 Å². The van der Waals surface area contributed by atoms with E-state index in [4.69, 9.17) is 9.47 Å². The van der Waals surface area contributed by atoms with Gasteiger partial charge in [-0.15, -0.1) is 0 Å². The lowest BCUT2D eigenvalue weighted by atomic mass is 10.2. The first-order valence-electron chi connectivity index (χ1n) is 7.47. The van der Waals surface area contributed by atoms with Crippen molar-refractivity contribution in [2.24, 2.45) is 0 Å². The molecule has 0 aliphatic rings. The lowest BCUT2D eigenvalue weighted by Crippen LogP contribution is -2.28. The van der Waals surface area contributed by atoms with Gasteiger partial charge in [-0.3, -0.25) is 0 Å². The smallest absolute Gasteiger partial charge is 0.161 e. The van der Waals surface area contributed by atoms with Gasteiger partial charge >= 0.3 is 0 Å². The molecular weight excluding hydrogens is 252 g/mol. The quantitative estimate of drug-likeness (QED) is 0.714. The summed E-state index contributed by atoms with van der Waals surface area (Å²) in [5, 5.41) is 3.32. The van der Waals surface area contributed by atoms with E-state index < -0.39 is 0 Å². The van der Waals surface area contributed by atoms with Crippen molar-refractivity contribution >= 4 is 0 Å². The zero-order chi connectivity index (χ0) is 14.8. The van der Waals surface area contributed by atoms with Gasteiger partial charge in [0.05, 0.1) is 7.11 Å². The van der Waals surface area contributed by atoms with E-state index in [9.17, 15) is 0 Å². The Morgan fingerprint density at radius 3 is 2.45 bits per heavy atom. The summed E-state index contributed by atoms with van der Waals surface area (Å²) in [6.45, 7) is 12.0. The lowest BCUT2D eigenvalue weighted by Gasteiger charge is -2.19. The van der Waals surface area contributed by atoms with Crippen molar-refractivity contribution < 1.29 is 9.47 Å². The van der Waals surface area contributed by atoms with Crippen molar-refractivity contribution in [3.8, 4) is 11.5 Å². The molecule has 0 bridgehead atoms. The number of nitrogens with zero attached hydrogens (tertiary/aromatic N) is 1. The summed E-state index contributed by atoms with van der Waals surface area (Å²) in [6.07, 6.45) is 0. The van der Waals surface area contributed by atoms with E-state index in [-0.39, 0.29) is 0 Å². The Balaban J connectivity index is 2.61. The van der Waals surface area contributed by atoms with Crippen molar-refractivity contribution in [1.29, 1.82) is 0 Å². The molecule has 0 unspecified atom stereocenters. The number of hydrogen-bond donors (Lipinski definition) is 1. The predicted molar refractivity (Wildman–Crippen MR) is 83.7 cm³/mol. The van der Waals surface area contributed by atoms with Gasteiger partial charge in [0, 0.05) is 13.1 Å². The molecule has 20 heavy (non-hydrogen) atoms. The fourth-order valence-corrected chi connectivity index (χ4v) is 2.04. The van der Waals surface area contributed by atoms with E-state index in [2.05, 4.69) is 43.1 Å². The van der Waals surface area contributed by atoms with Crippen LogP contribution in [0, 0.1) is 0 Å². The average Bonchev–Trinajstić information content (AvgIpc) is 2.49. The number of likely N-dealkylation sites (N-methyl/N-ethyl adjacent to an activating group) is 1. The van der Waals surface area contributed by atoms with E-state index in [0.29, 0.717) is 6.61 Å². The van der Waals surface area contributed by atoms with Crippen LogP contribution in [0.15, 0.2) is 18.2 Å². The van der Waals surface area contributed by atoms with Crippen molar-refractivity contribution in [3.05, 3.63) is 23.8 Å². The fourth-order valence-electron chi connectivity index (χ4n) is 2.04. The molecule has 0 radical (unpaired) electrons. The molecule has 0 spiro atoms. The first kappa shape index (κ1) is 16.8. The van der Waals surface area contributed by atoms with E-state index in [1.165, 1.54) is 5.56 Å². The van der Waals surface area contributed by atoms with Gasteiger partial charge in [-0.25, -0.2) is 0 Å². The molecular formula is C16H28N2O2. The monoisotopic (exact) mass is 280 g/mol. The van der Waals surface area contributed by atoms with Gasteiger partial charge in [-0.05, 0) is 37.3 Å². The maximum atomic E-state index is 5.89. The Bertz CT molecular complexity index is 379. The molecule has 0 saturated heterocycles. The number of hydrogen-bond acceptors (Lipinski definition) is 4. The minimum atomic E-state index is 0.683. The van der Waals surface area contributed by atoms with Gasteiger partial charge in [0.25, 0.3) is 0 Å². The molecule has 0 amide bonds. The molecule has 0 atom stereocenters. The summed E-state index contributed by atoms with van der Waals surface area (Å²) in [4.78, 5) is 2.34. The average molecular weight is 280 g/mol. The predicted octanol–water partition coefficient (Wildman–Crippen LogP) is 2.53. The van der Waals surface area contributed by atoms with Crippen molar-refractivity contribution in [1.82, 2.24) is 10.2 Å².